The first-order valence-corrected chi connectivity index (χ1v) is 6.46. The molecule has 1 aromatic heterocycles. The van der Waals surface area contributed by atoms with E-state index in [1.807, 2.05) is 0 Å². The number of aryl methyl sites for hydroxylation is 1. The van der Waals surface area contributed by atoms with Crippen LogP contribution in [-0.4, -0.2) is 33.3 Å². The third kappa shape index (κ3) is 4.99. The summed E-state index contributed by atoms with van der Waals surface area (Å²) in [6, 6.07) is 6.22. The molecule has 0 amide bonds. The molecule has 114 valence electrons. The van der Waals surface area contributed by atoms with Crippen molar-refractivity contribution in [3.8, 4) is 5.75 Å². The molecule has 6 nitrogen and oxygen atoms in total. The van der Waals surface area contributed by atoms with Gasteiger partial charge in [0.1, 0.15) is 11.4 Å². The molecule has 1 heterocycles. The van der Waals surface area contributed by atoms with Gasteiger partial charge in [-0.25, -0.2) is 0 Å². The molecule has 2 N–H and O–H groups in total. The van der Waals surface area contributed by atoms with E-state index >= 15 is 0 Å². The number of alkyl halides is 2. The average molecular weight is 298 g/mol. The van der Waals surface area contributed by atoms with E-state index in [9.17, 15) is 8.78 Å². The molecule has 0 atom stereocenters. The Morgan fingerprint density at radius 2 is 2.05 bits per heavy atom. The van der Waals surface area contributed by atoms with Crippen LogP contribution in [0.2, 0.25) is 0 Å². The third-order valence-corrected chi connectivity index (χ3v) is 2.68. The Kier molecular flexibility index (Phi) is 5.44. The van der Waals surface area contributed by atoms with Gasteiger partial charge < -0.3 is 15.2 Å². The zero-order chi connectivity index (χ0) is 15.1. The highest BCUT2D eigenvalue weighted by molar-refractivity contribution is 5.46. The van der Waals surface area contributed by atoms with Gasteiger partial charge in [-0.2, -0.15) is 8.78 Å². The number of benzene rings is 1. The number of halogens is 2. The Bertz CT molecular complexity index is 545. The Balaban J connectivity index is 1.83. The number of ether oxygens (including phenoxy) is 1. The van der Waals surface area contributed by atoms with Crippen molar-refractivity contribution in [2.75, 3.05) is 11.9 Å². The lowest BCUT2D eigenvalue weighted by Crippen LogP contribution is -2.03. The van der Waals surface area contributed by atoms with Gasteiger partial charge in [0, 0.05) is 18.8 Å². The second kappa shape index (κ2) is 7.53. The lowest BCUT2D eigenvalue weighted by atomic mass is 10.3. The molecule has 0 saturated heterocycles. The van der Waals surface area contributed by atoms with Crippen molar-refractivity contribution in [2.24, 2.45) is 0 Å². The first-order valence-electron chi connectivity index (χ1n) is 6.46. The van der Waals surface area contributed by atoms with E-state index in [0.29, 0.717) is 19.5 Å². The van der Waals surface area contributed by atoms with Crippen molar-refractivity contribution in [3.05, 3.63) is 36.2 Å². The molecule has 0 spiro atoms. The quantitative estimate of drug-likeness (QED) is 0.778. The smallest absolute Gasteiger partial charge is 0.387 e. The summed E-state index contributed by atoms with van der Waals surface area (Å²) in [7, 11) is 0. The van der Waals surface area contributed by atoms with Crippen molar-refractivity contribution < 1.29 is 18.6 Å². The summed E-state index contributed by atoms with van der Waals surface area (Å²) in [6.45, 7) is -1.63. The SMILES string of the molecule is OCCCn1cc(CNc2ccc(OC(F)F)cc2)nn1. The predicted molar refractivity (Wildman–Crippen MR) is 72.1 cm³/mol. The lowest BCUT2D eigenvalue weighted by molar-refractivity contribution is -0.0498. The van der Waals surface area contributed by atoms with E-state index < -0.39 is 6.61 Å². The zero-order valence-electron chi connectivity index (χ0n) is 11.2. The zero-order valence-corrected chi connectivity index (χ0v) is 11.2. The monoisotopic (exact) mass is 298 g/mol. The molecule has 0 fully saturated rings. The molecule has 0 unspecified atom stereocenters. The van der Waals surface area contributed by atoms with Crippen LogP contribution >= 0.6 is 0 Å². The number of aliphatic hydroxyl groups excluding tert-OH is 1. The van der Waals surface area contributed by atoms with E-state index in [1.165, 1.54) is 12.1 Å². The molecule has 2 rings (SSSR count). The van der Waals surface area contributed by atoms with Crippen LogP contribution in [0.15, 0.2) is 30.5 Å². The Morgan fingerprint density at radius 3 is 2.71 bits per heavy atom. The first kappa shape index (κ1) is 15.2. The summed E-state index contributed by atoms with van der Waals surface area (Å²) in [5.41, 5.74) is 1.52. The van der Waals surface area contributed by atoms with E-state index in [1.54, 1.807) is 23.0 Å². The van der Waals surface area contributed by atoms with Crippen molar-refractivity contribution in [3.63, 3.8) is 0 Å². The largest absolute Gasteiger partial charge is 0.435 e. The normalized spacial score (nSPS) is 10.9. The Labute approximate surface area is 120 Å². The number of nitrogens with zero attached hydrogens (tertiary/aromatic N) is 3. The van der Waals surface area contributed by atoms with Gasteiger partial charge >= 0.3 is 6.61 Å². The van der Waals surface area contributed by atoms with Gasteiger partial charge in [-0.05, 0) is 30.7 Å². The lowest BCUT2D eigenvalue weighted by Gasteiger charge is -2.07. The fraction of sp³-hybridized carbons (Fsp3) is 0.385. The minimum absolute atomic E-state index is 0.112. The summed E-state index contributed by atoms with van der Waals surface area (Å²) >= 11 is 0. The minimum Gasteiger partial charge on any atom is -0.435 e. The van der Waals surface area contributed by atoms with Gasteiger partial charge in [-0.15, -0.1) is 5.10 Å². The van der Waals surface area contributed by atoms with E-state index in [0.717, 1.165) is 11.4 Å². The van der Waals surface area contributed by atoms with Crippen molar-refractivity contribution in [1.29, 1.82) is 0 Å². The molecule has 0 aliphatic carbocycles. The molecule has 2 aromatic rings. The molecular weight excluding hydrogens is 282 g/mol. The fourth-order valence-electron chi connectivity index (χ4n) is 1.71. The van der Waals surface area contributed by atoms with Crippen LogP contribution in [0, 0.1) is 0 Å². The Hall–Kier alpha value is -2.22. The van der Waals surface area contributed by atoms with Crippen LogP contribution in [0.25, 0.3) is 0 Å². The van der Waals surface area contributed by atoms with Gasteiger partial charge in [-0.1, -0.05) is 5.21 Å². The molecule has 0 saturated carbocycles. The molecule has 0 radical (unpaired) electrons. The summed E-state index contributed by atoms with van der Waals surface area (Å²) in [6.07, 6.45) is 2.42. The molecule has 8 heteroatoms. The van der Waals surface area contributed by atoms with Crippen molar-refractivity contribution in [2.45, 2.75) is 26.1 Å². The topological polar surface area (TPSA) is 72.2 Å². The van der Waals surface area contributed by atoms with Crippen LogP contribution in [0.5, 0.6) is 5.75 Å². The summed E-state index contributed by atoms with van der Waals surface area (Å²) in [5, 5.41) is 19.7. The maximum atomic E-state index is 12.0. The second-order valence-corrected chi connectivity index (χ2v) is 4.31. The first-order chi connectivity index (χ1) is 10.2. The van der Waals surface area contributed by atoms with Gasteiger partial charge in [-0.3, -0.25) is 4.68 Å². The highest BCUT2D eigenvalue weighted by Crippen LogP contribution is 2.18. The van der Waals surface area contributed by atoms with Crippen LogP contribution in [0.1, 0.15) is 12.1 Å². The maximum absolute atomic E-state index is 12.0. The Morgan fingerprint density at radius 1 is 1.29 bits per heavy atom. The van der Waals surface area contributed by atoms with Crippen LogP contribution in [-0.2, 0) is 13.1 Å². The predicted octanol–water partition coefficient (Wildman–Crippen LogP) is 1.87. The molecule has 1 aromatic carbocycles. The summed E-state index contributed by atoms with van der Waals surface area (Å²) in [4.78, 5) is 0. The second-order valence-electron chi connectivity index (χ2n) is 4.31. The van der Waals surface area contributed by atoms with Crippen molar-refractivity contribution >= 4 is 5.69 Å². The standard InChI is InChI=1S/C13H16F2N4O2/c14-13(15)21-12-4-2-10(3-5-12)16-8-11-9-19(18-17-11)6-1-7-20/h2-5,9,13,16,20H,1,6-8H2. The number of rotatable bonds is 8. The van der Waals surface area contributed by atoms with E-state index in [2.05, 4.69) is 20.4 Å². The number of nitrogens with one attached hydrogen (secondary N) is 1. The molecule has 0 aliphatic heterocycles. The summed E-state index contributed by atoms with van der Waals surface area (Å²) < 4.78 is 29.9. The van der Waals surface area contributed by atoms with Crippen molar-refractivity contribution in [1.82, 2.24) is 15.0 Å². The van der Waals surface area contributed by atoms with Gasteiger partial charge in [0.15, 0.2) is 0 Å². The molecule has 0 aliphatic rings. The summed E-state index contributed by atoms with van der Waals surface area (Å²) in [5.74, 6) is 0.116. The number of aromatic nitrogens is 3. The van der Waals surface area contributed by atoms with Gasteiger partial charge in [0.2, 0.25) is 0 Å². The maximum Gasteiger partial charge on any atom is 0.387 e. The van der Waals surface area contributed by atoms with Gasteiger partial charge in [0.25, 0.3) is 0 Å². The molecule has 0 bridgehead atoms. The highest BCUT2D eigenvalue weighted by atomic mass is 19.3. The van der Waals surface area contributed by atoms with Crippen LogP contribution < -0.4 is 10.1 Å². The molecular formula is C13H16F2N4O2. The average Bonchev–Trinajstić information content (AvgIpc) is 2.92. The number of hydrogen-bond donors (Lipinski definition) is 2. The fourth-order valence-corrected chi connectivity index (χ4v) is 1.71. The third-order valence-electron chi connectivity index (χ3n) is 2.68. The van der Waals surface area contributed by atoms with E-state index in [4.69, 9.17) is 5.11 Å². The number of anilines is 1. The molecule has 21 heavy (non-hydrogen) atoms. The van der Waals surface area contributed by atoms with E-state index in [-0.39, 0.29) is 12.4 Å². The number of aliphatic hydroxyl groups is 1. The number of hydrogen-bond acceptors (Lipinski definition) is 5. The van der Waals surface area contributed by atoms with Crippen LogP contribution in [0.3, 0.4) is 0 Å². The van der Waals surface area contributed by atoms with Crippen LogP contribution in [0.4, 0.5) is 14.5 Å². The van der Waals surface area contributed by atoms with Gasteiger partial charge in [0.05, 0.1) is 12.7 Å². The minimum atomic E-state index is -2.82. The highest BCUT2D eigenvalue weighted by Gasteiger charge is 2.04.